The Hall–Kier alpha value is -2.82. The molecule has 0 spiro atoms. The van der Waals surface area contributed by atoms with Crippen LogP contribution < -0.4 is 9.47 Å². The van der Waals surface area contributed by atoms with Crippen molar-refractivity contribution in [2.75, 3.05) is 26.8 Å². The third-order valence-corrected chi connectivity index (χ3v) is 5.07. The van der Waals surface area contributed by atoms with Gasteiger partial charge in [-0.15, -0.1) is 0 Å². The number of hydrogen-bond acceptors (Lipinski definition) is 4. The molecule has 1 saturated heterocycles. The van der Waals surface area contributed by atoms with Crippen LogP contribution in [0.4, 0.5) is 0 Å². The normalized spacial score (nSPS) is 16.5. The van der Waals surface area contributed by atoms with Gasteiger partial charge in [-0.2, -0.15) is 0 Å². The molecule has 0 radical (unpaired) electrons. The van der Waals surface area contributed by atoms with Crippen LogP contribution in [0.1, 0.15) is 36.0 Å². The second kappa shape index (κ2) is 9.93. The number of para-hydroxylation sites is 1. The van der Waals surface area contributed by atoms with Gasteiger partial charge in [-0.3, -0.25) is 9.59 Å². The molecule has 0 N–H and O–H groups in total. The molecule has 2 aromatic carbocycles. The van der Waals surface area contributed by atoms with Gasteiger partial charge in [0.15, 0.2) is 5.78 Å². The third kappa shape index (κ3) is 5.35. The number of carbonyl (C=O) groups excluding carboxylic acids is 2. The van der Waals surface area contributed by atoms with E-state index in [4.69, 9.17) is 9.47 Å². The van der Waals surface area contributed by atoms with Crippen molar-refractivity contribution in [3.05, 3.63) is 60.2 Å². The Morgan fingerprint density at radius 3 is 2.50 bits per heavy atom. The first-order valence-electron chi connectivity index (χ1n) is 9.81. The van der Waals surface area contributed by atoms with Gasteiger partial charge in [-0.25, -0.2) is 0 Å². The largest absolute Gasteiger partial charge is 0.497 e. The summed E-state index contributed by atoms with van der Waals surface area (Å²) in [7, 11) is 1.60. The summed E-state index contributed by atoms with van der Waals surface area (Å²) < 4.78 is 10.8. The summed E-state index contributed by atoms with van der Waals surface area (Å²) in [4.78, 5) is 27.2. The van der Waals surface area contributed by atoms with Crippen molar-refractivity contribution in [2.24, 2.45) is 5.92 Å². The number of Topliss-reactive ketones (excluding diaryl/α,β-unsaturated/α-hetero) is 1. The summed E-state index contributed by atoms with van der Waals surface area (Å²) in [6.07, 6.45) is 2.79. The number of amides is 1. The quantitative estimate of drug-likeness (QED) is 0.513. The van der Waals surface area contributed by atoms with Crippen molar-refractivity contribution in [1.29, 1.82) is 0 Å². The Labute approximate surface area is 166 Å². The van der Waals surface area contributed by atoms with Crippen molar-refractivity contribution in [1.82, 2.24) is 4.90 Å². The van der Waals surface area contributed by atoms with Crippen molar-refractivity contribution in [3.8, 4) is 11.5 Å². The van der Waals surface area contributed by atoms with E-state index in [1.165, 1.54) is 0 Å². The van der Waals surface area contributed by atoms with Crippen molar-refractivity contribution in [2.45, 2.75) is 25.7 Å². The second-order valence-corrected chi connectivity index (χ2v) is 7.04. The molecule has 5 heteroatoms. The summed E-state index contributed by atoms with van der Waals surface area (Å²) in [6, 6.07) is 16.8. The fourth-order valence-corrected chi connectivity index (χ4v) is 3.50. The van der Waals surface area contributed by atoms with E-state index in [0.717, 1.165) is 30.9 Å². The Morgan fingerprint density at radius 2 is 1.79 bits per heavy atom. The van der Waals surface area contributed by atoms with Gasteiger partial charge in [0.25, 0.3) is 0 Å². The van der Waals surface area contributed by atoms with Crippen LogP contribution >= 0.6 is 0 Å². The smallest absolute Gasteiger partial charge is 0.222 e. The third-order valence-electron chi connectivity index (χ3n) is 5.07. The van der Waals surface area contributed by atoms with Crippen molar-refractivity contribution >= 4 is 11.7 Å². The zero-order valence-electron chi connectivity index (χ0n) is 16.3. The van der Waals surface area contributed by atoms with Crippen LogP contribution in [0, 0.1) is 5.92 Å². The molecule has 1 aliphatic rings. The van der Waals surface area contributed by atoms with Gasteiger partial charge in [0.1, 0.15) is 11.5 Å². The number of nitrogens with zero attached hydrogens (tertiary/aromatic N) is 1. The van der Waals surface area contributed by atoms with Gasteiger partial charge < -0.3 is 14.4 Å². The van der Waals surface area contributed by atoms with E-state index in [0.29, 0.717) is 31.6 Å². The Balaban J connectivity index is 1.46. The van der Waals surface area contributed by atoms with Gasteiger partial charge in [-0.05, 0) is 55.7 Å². The highest BCUT2D eigenvalue weighted by Gasteiger charge is 2.28. The molecule has 1 aliphatic heterocycles. The maximum Gasteiger partial charge on any atom is 0.222 e. The van der Waals surface area contributed by atoms with Gasteiger partial charge in [-0.1, -0.05) is 18.2 Å². The molecule has 0 aliphatic carbocycles. The number of ketones is 1. The highest BCUT2D eigenvalue weighted by Crippen LogP contribution is 2.23. The summed E-state index contributed by atoms with van der Waals surface area (Å²) in [5, 5.41) is 0. The molecule has 1 fully saturated rings. The lowest BCUT2D eigenvalue weighted by Gasteiger charge is -2.32. The number of piperidine rings is 1. The van der Waals surface area contributed by atoms with Crippen LogP contribution in [0.3, 0.4) is 0 Å². The number of rotatable bonds is 8. The van der Waals surface area contributed by atoms with E-state index in [9.17, 15) is 9.59 Å². The lowest BCUT2D eigenvalue weighted by molar-refractivity contribution is -0.132. The van der Waals surface area contributed by atoms with E-state index >= 15 is 0 Å². The molecule has 1 heterocycles. The first kappa shape index (κ1) is 19.9. The number of ether oxygens (including phenoxy) is 2. The number of methoxy groups -OCH3 is 1. The summed E-state index contributed by atoms with van der Waals surface area (Å²) in [5.41, 5.74) is 0.677. The molecule has 1 atom stereocenters. The minimum atomic E-state index is -0.133. The minimum Gasteiger partial charge on any atom is -0.497 e. The van der Waals surface area contributed by atoms with E-state index in [1.807, 2.05) is 35.2 Å². The van der Waals surface area contributed by atoms with Crippen LogP contribution in [0.2, 0.25) is 0 Å². The highest BCUT2D eigenvalue weighted by atomic mass is 16.5. The highest BCUT2D eigenvalue weighted by molar-refractivity contribution is 5.98. The summed E-state index contributed by atoms with van der Waals surface area (Å²) in [6.45, 7) is 1.74. The molecule has 2 aromatic rings. The molecule has 5 nitrogen and oxygen atoms in total. The lowest BCUT2D eigenvalue weighted by Crippen LogP contribution is -2.42. The molecule has 0 saturated carbocycles. The predicted octanol–water partition coefficient (Wildman–Crippen LogP) is 3.98. The molecular weight excluding hydrogens is 354 g/mol. The van der Waals surface area contributed by atoms with Crippen LogP contribution in [0.25, 0.3) is 0 Å². The number of carbonyl (C=O) groups is 2. The number of benzene rings is 2. The van der Waals surface area contributed by atoms with Gasteiger partial charge >= 0.3 is 0 Å². The summed E-state index contributed by atoms with van der Waals surface area (Å²) in [5.74, 6) is 1.62. The zero-order valence-corrected chi connectivity index (χ0v) is 16.3. The van der Waals surface area contributed by atoms with E-state index in [2.05, 4.69) is 0 Å². The monoisotopic (exact) mass is 381 g/mol. The van der Waals surface area contributed by atoms with Crippen LogP contribution in [-0.4, -0.2) is 43.4 Å². The molecule has 0 aromatic heterocycles. The molecule has 0 bridgehead atoms. The molecular formula is C23H27NO4. The maximum atomic E-state index is 12.8. The van der Waals surface area contributed by atoms with Crippen LogP contribution in [0.15, 0.2) is 54.6 Å². The molecule has 28 heavy (non-hydrogen) atoms. The number of likely N-dealkylation sites (tertiary alicyclic amines) is 1. The standard InChI is InChI=1S/C23H27NO4/c1-27-20-13-11-18(12-14-20)23(26)19-7-5-15-24(17-19)22(25)10-6-16-28-21-8-3-2-4-9-21/h2-4,8-9,11-14,19H,5-7,10,15-17H2,1H3. The predicted molar refractivity (Wildman–Crippen MR) is 108 cm³/mol. The van der Waals surface area contributed by atoms with Crippen molar-refractivity contribution < 1.29 is 19.1 Å². The van der Waals surface area contributed by atoms with Gasteiger partial charge in [0, 0.05) is 31.0 Å². The number of hydrogen-bond donors (Lipinski definition) is 0. The maximum absolute atomic E-state index is 12.8. The topological polar surface area (TPSA) is 55.8 Å². The lowest BCUT2D eigenvalue weighted by atomic mass is 9.90. The average molecular weight is 381 g/mol. The van der Waals surface area contributed by atoms with Gasteiger partial charge in [0.05, 0.1) is 13.7 Å². The van der Waals surface area contributed by atoms with E-state index in [-0.39, 0.29) is 17.6 Å². The minimum absolute atomic E-state index is 0.101. The first-order valence-corrected chi connectivity index (χ1v) is 9.81. The van der Waals surface area contributed by atoms with E-state index in [1.54, 1.807) is 31.4 Å². The summed E-state index contributed by atoms with van der Waals surface area (Å²) >= 11 is 0. The first-order chi connectivity index (χ1) is 13.7. The molecule has 1 amide bonds. The Morgan fingerprint density at radius 1 is 1.04 bits per heavy atom. The fraction of sp³-hybridized carbons (Fsp3) is 0.391. The fourth-order valence-electron chi connectivity index (χ4n) is 3.50. The van der Waals surface area contributed by atoms with E-state index < -0.39 is 0 Å². The van der Waals surface area contributed by atoms with Gasteiger partial charge in [0.2, 0.25) is 5.91 Å². The van der Waals surface area contributed by atoms with Crippen LogP contribution in [-0.2, 0) is 4.79 Å². The molecule has 3 rings (SSSR count). The van der Waals surface area contributed by atoms with Crippen LogP contribution in [0.5, 0.6) is 11.5 Å². The molecule has 1 unspecified atom stereocenters. The average Bonchev–Trinajstić information content (AvgIpc) is 2.77. The molecule has 148 valence electrons. The Bertz CT molecular complexity index is 773. The Kier molecular flexibility index (Phi) is 7.06. The van der Waals surface area contributed by atoms with Crippen molar-refractivity contribution in [3.63, 3.8) is 0 Å². The zero-order chi connectivity index (χ0) is 19.8. The SMILES string of the molecule is COc1ccc(C(=O)C2CCCN(C(=O)CCCOc3ccccc3)C2)cc1. The second-order valence-electron chi connectivity index (χ2n) is 7.04.